The second-order valence-corrected chi connectivity index (χ2v) is 10.3. The van der Waals surface area contributed by atoms with Crippen LogP contribution in [0, 0.1) is 0 Å². The minimum atomic E-state index is -3.88. The monoisotopic (exact) mass is 485 g/mol. The average Bonchev–Trinajstić information content (AvgIpc) is 3.67. The number of benzene rings is 2. The lowest BCUT2D eigenvalue weighted by Gasteiger charge is -2.32. The van der Waals surface area contributed by atoms with Crippen molar-refractivity contribution in [2.45, 2.75) is 49.1 Å². The molecule has 1 atom stereocenters. The molecule has 4 rings (SSSR count). The zero-order valence-electron chi connectivity index (χ0n) is 18.6. The number of ether oxygens (including phenoxy) is 1. The van der Waals surface area contributed by atoms with Crippen LogP contribution in [0.3, 0.4) is 0 Å². The van der Waals surface area contributed by atoms with Crippen molar-refractivity contribution in [1.82, 2.24) is 9.62 Å². The van der Waals surface area contributed by atoms with Crippen LogP contribution in [0.5, 0.6) is 0 Å². The molecule has 10 heteroatoms. The SMILES string of the molecule is O=C(COC(=O)C1CCCCN1S(=O)(=O)c1ccccc1)Nc1ccccc1C(=O)NC1CC1. The Bertz CT molecular complexity index is 1160. The molecule has 1 saturated heterocycles. The van der Waals surface area contributed by atoms with E-state index in [9.17, 15) is 22.8 Å². The topological polar surface area (TPSA) is 122 Å². The molecule has 1 saturated carbocycles. The number of rotatable bonds is 8. The minimum absolute atomic E-state index is 0.105. The van der Waals surface area contributed by atoms with Crippen LogP contribution >= 0.6 is 0 Å². The Labute approximate surface area is 198 Å². The van der Waals surface area contributed by atoms with Crippen molar-refractivity contribution in [2.75, 3.05) is 18.5 Å². The third-order valence-corrected chi connectivity index (χ3v) is 7.70. The molecule has 0 radical (unpaired) electrons. The Morgan fingerprint density at radius 3 is 2.38 bits per heavy atom. The van der Waals surface area contributed by atoms with Gasteiger partial charge in [-0.05, 0) is 56.4 Å². The molecule has 1 unspecified atom stereocenters. The number of hydrogen-bond acceptors (Lipinski definition) is 6. The number of hydrogen-bond donors (Lipinski definition) is 2. The molecule has 1 aliphatic carbocycles. The summed E-state index contributed by atoms with van der Waals surface area (Å²) in [5, 5.41) is 5.47. The first-order valence-corrected chi connectivity index (χ1v) is 12.7. The number of nitrogens with zero attached hydrogens (tertiary/aromatic N) is 1. The first kappa shape index (κ1) is 23.9. The highest BCUT2D eigenvalue weighted by atomic mass is 32.2. The number of amides is 2. The van der Waals surface area contributed by atoms with Crippen molar-refractivity contribution >= 4 is 33.5 Å². The maximum atomic E-state index is 13.1. The zero-order chi connectivity index (χ0) is 24.1. The first-order valence-electron chi connectivity index (χ1n) is 11.3. The summed E-state index contributed by atoms with van der Waals surface area (Å²) in [6.07, 6.45) is 3.51. The highest BCUT2D eigenvalue weighted by Gasteiger charge is 2.38. The minimum Gasteiger partial charge on any atom is -0.454 e. The molecular formula is C24H27N3O6S. The summed E-state index contributed by atoms with van der Waals surface area (Å²) in [6, 6.07) is 13.7. The third kappa shape index (κ3) is 5.63. The van der Waals surface area contributed by atoms with Crippen molar-refractivity contribution in [3.63, 3.8) is 0 Å². The Kier molecular flexibility index (Phi) is 7.28. The molecule has 0 bridgehead atoms. The van der Waals surface area contributed by atoms with Crippen molar-refractivity contribution in [3.05, 3.63) is 60.2 Å². The van der Waals surface area contributed by atoms with Gasteiger partial charge in [0, 0.05) is 12.6 Å². The van der Waals surface area contributed by atoms with Gasteiger partial charge in [-0.3, -0.25) is 14.4 Å². The van der Waals surface area contributed by atoms with E-state index in [2.05, 4.69) is 10.6 Å². The number of piperidine rings is 1. The third-order valence-electron chi connectivity index (χ3n) is 5.78. The van der Waals surface area contributed by atoms with E-state index in [1.165, 1.54) is 12.1 Å². The van der Waals surface area contributed by atoms with Gasteiger partial charge in [-0.15, -0.1) is 0 Å². The van der Waals surface area contributed by atoms with E-state index in [1.807, 2.05) is 0 Å². The fraction of sp³-hybridized carbons (Fsp3) is 0.375. The van der Waals surface area contributed by atoms with Gasteiger partial charge >= 0.3 is 5.97 Å². The number of sulfonamides is 1. The summed E-state index contributed by atoms with van der Waals surface area (Å²) in [4.78, 5) is 37.7. The molecule has 180 valence electrons. The number of carbonyl (C=O) groups excluding carboxylic acids is 3. The van der Waals surface area contributed by atoms with Gasteiger partial charge in [-0.1, -0.05) is 30.3 Å². The van der Waals surface area contributed by atoms with Gasteiger partial charge in [0.15, 0.2) is 6.61 Å². The Morgan fingerprint density at radius 2 is 1.65 bits per heavy atom. The van der Waals surface area contributed by atoms with E-state index in [0.717, 1.165) is 17.1 Å². The Balaban J connectivity index is 1.38. The van der Waals surface area contributed by atoms with Crippen LogP contribution in [0.1, 0.15) is 42.5 Å². The van der Waals surface area contributed by atoms with Crippen LogP contribution in [0.4, 0.5) is 5.69 Å². The van der Waals surface area contributed by atoms with Crippen molar-refractivity contribution in [2.24, 2.45) is 0 Å². The number of anilines is 1. The van der Waals surface area contributed by atoms with Gasteiger partial charge < -0.3 is 15.4 Å². The maximum absolute atomic E-state index is 13.1. The lowest BCUT2D eigenvalue weighted by molar-refractivity contribution is -0.152. The number of para-hydroxylation sites is 1. The van der Waals surface area contributed by atoms with Gasteiger partial charge in [0.1, 0.15) is 6.04 Å². The van der Waals surface area contributed by atoms with E-state index in [1.54, 1.807) is 42.5 Å². The van der Waals surface area contributed by atoms with Crippen LogP contribution in [-0.2, 0) is 24.3 Å². The second-order valence-electron chi connectivity index (χ2n) is 8.39. The fourth-order valence-electron chi connectivity index (χ4n) is 3.86. The molecule has 1 aliphatic heterocycles. The van der Waals surface area contributed by atoms with E-state index in [4.69, 9.17) is 4.74 Å². The normalized spacial score (nSPS) is 18.6. The lowest BCUT2D eigenvalue weighted by atomic mass is 10.1. The van der Waals surface area contributed by atoms with E-state index in [-0.39, 0.29) is 23.4 Å². The maximum Gasteiger partial charge on any atom is 0.324 e. The number of esters is 1. The highest BCUT2D eigenvalue weighted by Crippen LogP contribution is 2.26. The molecule has 1 heterocycles. The highest BCUT2D eigenvalue weighted by molar-refractivity contribution is 7.89. The summed E-state index contributed by atoms with van der Waals surface area (Å²) in [7, 11) is -3.88. The molecule has 2 N–H and O–H groups in total. The van der Waals surface area contributed by atoms with Crippen LogP contribution in [0.2, 0.25) is 0 Å². The Morgan fingerprint density at radius 1 is 0.941 bits per heavy atom. The van der Waals surface area contributed by atoms with Gasteiger partial charge in [0.2, 0.25) is 10.0 Å². The predicted octanol–water partition coefficient (Wildman–Crippen LogP) is 2.30. The summed E-state index contributed by atoms with van der Waals surface area (Å²) >= 11 is 0. The van der Waals surface area contributed by atoms with Gasteiger partial charge in [-0.25, -0.2) is 8.42 Å². The molecule has 2 aromatic rings. The summed E-state index contributed by atoms with van der Waals surface area (Å²) in [5.41, 5.74) is 0.633. The van der Waals surface area contributed by atoms with Crippen molar-refractivity contribution in [3.8, 4) is 0 Å². The first-order chi connectivity index (χ1) is 16.4. The summed E-state index contributed by atoms with van der Waals surface area (Å²) < 4.78 is 32.5. The average molecular weight is 486 g/mol. The van der Waals surface area contributed by atoms with Crippen LogP contribution in [0.25, 0.3) is 0 Å². The lowest BCUT2D eigenvalue weighted by Crippen LogP contribution is -2.48. The van der Waals surface area contributed by atoms with E-state index < -0.39 is 34.5 Å². The predicted molar refractivity (Wildman–Crippen MR) is 124 cm³/mol. The van der Waals surface area contributed by atoms with Crippen LogP contribution in [0.15, 0.2) is 59.5 Å². The van der Waals surface area contributed by atoms with Crippen LogP contribution < -0.4 is 10.6 Å². The van der Waals surface area contributed by atoms with Crippen molar-refractivity contribution in [1.29, 1.82) is 0 Å². The zero-order valence-corrected chi connectivity index (χ0v) is 19.4. The van der Waals surface area contributed by atoms with Crippen LogP contribution in [-0.4, -0.2) is 55.7 Å². The van der Waals surface area contributed by atoms with Crippen molar-refractivity contribution < 1.29 is 27.5 Å². The molecular weight excluding hydrogens is 458 g/mol. The fourth-order valence-corrected chi connectivity index (χ4v) is 5.52. The summed E-state index contributed by atoms with van der Waals surface area (Å²) in [5.74, 6) is -1.67. The molecule has 2 fully saturated rings. The van der Waals surface area contributed by atoms with Gasteiger partial charge in [-0.2, -0.15) is 4.31 Å². The number of nitrogens with one attached hydrogen (secondary N) is 2. The smallest absolute Gasteiger partial charge is 0.324 e. The molecule has 2 aromatic carbocycles. The molecule has 0 aromatic heterocycles. The largest absolute Gasteiger partial charge is 0.454 e. The van der Waals surface area contributed by atoms with Gasteiger partial charge in [0.05, 0.1) is 16.1 Å². The van der Waals surface area contributed by atoms with Gasteiger partial charge in [0.25, 0.3) is 11.8 Å². The quantitative estimate of drug-likeness (QED) is 0.554. The molecule has 9 nitrogen and oxygen atoms in total. The molecule has 0 spiro atoms. The van der Waals surface area contributed by atoms with E-state index >= 15 is 0 Å². The molecule has 2 amide bonds. The molecule has 34 heavy (non-hydrogen) atoms. The standard InChI is InChI=1S/C24H27N3O6S/c28-22(26-20-11-5-4-10-19(20)23(29)25-17-13-14-17)16-33-24(30)21-12-6-7-15-27(21)34(31,32)18-8-2-1-3-9-18/h1-5,8-11,17,21H,6-7,12-16H2,(H,25,29)(H,26,28). The number of carbonyl (C=O) groups is 3. The molecule has 2 aliphatic rings. The Hall–Kier alpha value is -3.24. The summed E-state index contributed by atoms with van der Waals surface area (Å²) in [6.45, 7) is -0.389. The second kappa shape index (κ2) is 10.4. The van der Waals surface area contributed by atoms with E-state index in [0.29, 0.717) is 30.5 Å².